The van der Waals surface area contributed by atoms with Crippen molar-refractivity contribution in [2.45, 2.75) is 64.4 Å². The average Bonchev–Trinajstić information content (AvgIpc) is 3.23. The number of nitrogens with zero attached hydrogens (tertiary/aromatic N) is 6. The Bertz CT molecular complexity index is 1160. The van der Waals surface area contributed by atoms with Crippen molar-refractivity contribution in [1.29, 1.82) is 0 Å². The number of likely N-dealkylation sites (N-methyl/N-ethyl adjacent to an activating group) is 1. The van der Waals surface area contributed by atoms with Gasteiger partial charge in [-0.3, -0.25) is 9.80 Å². The van der Waals surface area contributed by atoms with Crippen LogP contribution < -0.4 is 10.6 Å². The van der Waals surface area contributed by atoms with Gasteiger partial charge >= 0.3 is 0 Å². The van der Waals surface area contributed by atoms with E-state index in [2.05, 4.69) is 94.4 Å². The van der Waals surface area contributed by atoms with Crippen molar-refractivity contribution in [3.63, 3.8) is 0 Å². The molecule has 4 heterocycles. The molecule has 4 rings (SSSR count). The molecule has 0 aliphatic carbocycles. The van der Waals surface area contributed by atoms with E-state index in [-0.39, 0.29) is 18.4 Å². The van der Waals surface area contributed by atoms with Crippen LogP contribution in [0.25, 0.3) is 0 Å². The van der Waals surface area contributed by atoms with Gasteiger partial charge in [0.05, 0.1) is 12.1 Å². The van der Waals surface area contributed by atoms with E-state index in [1.54, 1.807) is 11.2 Å². The third kappa shape index (κ3) is 8.56. The molecule has 228 valence electrons. The van der Waals surface area contributed by atoms with E-state index in [9.17, 15) is 5.11 Å². The summed E-state index contributed by atoms with van der Waals surface area (Å²) in [5.74, 6) is 0.771. The van der Waals surface area contributed by atoms with Crippen LogP contribution in [0.5, 0.6) is 0 Å². The molecule has 0 radical (unpaired) electrons. The second-order valence-electron chi connectivity index (χ2n) is 11.7. The lowest BCUT2D eigenvalue weighted by Gasteiger charge is -2.36. The first-order chi connectivity index (χ1) is 20.3. The Kier molecular flexibility index (Phi) is 11.4. The van der Waals surface area contributed by atoms with Crippen LogP contribution in [-0.4, -0.2) is 102 Å². The van der Waals surface area contributed by atoms with Crippen LogP contribution in [-0.2, 0) is 0 Å². The van der Waals surface area contributed by atoms with Gasteiger partial charge in [0, 0.05) is 63.8 Å². The topological polar surface area (TPSA) is 82.0 Å². The number of aliphatic imine (C=N–C) groups is 1. The maximum Gasteiger partial charge on any atom is 0.195 e. The highest BCUT2D eigenvalue weighted by Gasteiger charge is 2.26. The summed E-state index contributed by atoms with van der Waals surface area (Å²) in [7, 11) is 2.12. The largest absolute Gasteiger partial charge is 0.390 e. The first-order valence-electron chi connectivity index (χ1n) is 15.3. The van der Waals surface area contributed by atoms with E-state index in [4.69, 9.17) is 0 Å². The number of hydrogen-bond acceptors (Lipinski definition) is 9. The Balaban J connectivity index is 1.36. The lowest BCUT2D eigenvalue weighted by atomic mass is 9.95. The maximum atomic E-state index is 9.61. The Morgan fingerprint density at radius 3 is 2.64 bits per heavy atom. The zero-order chi connectivity index (χ0) is 30.1. The molecule has 3 N–H and O–H groups in total. The molecule has 2 atom stereocenters. The van der Waals surface area contributed by atoms with E-state index in [1.165, 1.54) is 42.4 Å². The maximum absolute atomic E-state index is 9.61. The van der Waals surface area contributed by atoms with Gasteiger partial charge in [-0.2, -0.15) is 5.10 Å². The summed E-state index contributed by atoms with van der Waals surface area (Å²) >= 11 is 0. The highest BCUT2D eigenvalue weighted by atomic mass is 16.3. The summed E-state index contributed by atoms with van der Waals surface area (Å²) in [5.41, 5.74) is 5.63. The minimum absolute atomic E-state index is 0.213. The molecule has 0 amide bonds. The number of rotatable bonds is 13. The van der Waals surface area contributed by atoms with Gasteiger partial charge < -0.3 is 20.6 Å². The molecule has 0 bridgehead atoms. The van der Waals surface area contributed by atoms with Crippen LogP contribution >= 0.6 is 0 Å². The quantitative estimate of drug-likeness (QED) is 0.133. The average molecular weight is 575 g/mol. The predicted octanol–water partition coefficient (Wildman–Crippen LogP) is 3.91. The number of allylic oxidation sites excluding steroid dienone is 3. The Hall–Kier alpha value is -3.40. The molecule has 2 saturated heterocycles. The standard InChI is InChI=1S/C33H50N8O/c1-7-27(21-39-23-30(42)24-39)22-41(34-5)31-14-16-35-33(37-31)36-26(4)12-13-29-20-28(15-19-38(29)6)32(25(2)3)40-17-10-8-9-11-18-40/h12-16,20,22,30,32-33,36-37,42H,2,4-5,7-11,17-19,21,23-24H2,1,3,6H3/b13-12-,27-22+. The normalized spacial score (nSPS) is 23.2. The van der Waals surface area contributed by atoms with E-state index in [0.717, 1.165) is 49.8 Å². The molecule has 0 saturated carbocycles. The summed E-state index contributed by atoms with van der Waals surface area (Å²) in [6, 6.07) is 0.258. The number of hydrogen-bond donors (Lipinski definition) is 3. The number of likely N-dealkylation sites (tertiary alicyclic amines) is 2. The monoisotopic (exact) mass is 574 g/mol. The van der Waals surface area contributed by atoms with Crippen molar-refractivity contribution >= 4 is 12.9 Å². The molecule has 42 heavy (non-hydrogen) atoms. The van der Waals surface area contributed by atoms with Crippen LogP contribution in [0.15, 0.2) is 93.8 Å². The summed E-state index contributed by atoms with van der Waals surface area (Å²) < 4.78 is 0. The van der Waals surface area contributed by atoms with Gasteiger partial charge in [0.1, 0.15) is 5.82 Å². The number of nitrogens with one attached hydrogen (secondary N) is 2. The Labute approximate surface area is 252 Å². The van der Waals surface area contributed by atoms with Crippen LogP contribution in [0.3, 0.4) is 0 Å². The number of aliphatic hydroxyl groups excluding tert-OH is 1. The molecule has 4 aliphatic heterocycles. The summed E-state index contributed by atoms with van der Waals surface area (Å²) in [6.07, 6.45) is 19.8. The van der Waals surface area contributed by atoms with Crippen LogP contribution in [0.1, 0.15) is 46.0 Å². The van der Waals surface area contributed by atoms with Gasteiger partial charge in [-0.1, -0.05) is 44.6 Å². The summed E-state index contributed by atoms with van der Waals surface area (Å²) in [4.78, 5) is 11.6. The van der Waals surface area contributed by atoms with E-state index >= 15 is 0 Å². The van der Waals surface area contributed by atoms with E-state index in [1.807, 2.05) is 18.4 Å². The Morgan fingerprint density at radius 1 is 1.26 bits per heavy atom. The third-order valence-electron chi connectivity index (χ3n) is 8.20. The fourth-order valence-electron chi connectivity index (χ4n) is 5.83. The van der Waals surface area contributed by atoms with Gasteiger partial charge in [0.2, 0.25) is 0 Å². The van der Waals surface area contributed by atoms with Crippen LogP contribution in [0.2, 0.25) is 0 Å². The third-order valence-corrected chi connectivity index (χ3v) is 8.20. The summed E-state index contributed by atoms with van der Waals surface area (Å²) in [5, 5.41) is 22.3. The van der Waals surface area contributed by atoms with Crippen molar-refractivity contribution < 1.29 is 5.11 Å². The molecule has 2 unspecified atom stereocenters. The molecule has 9 nitrogen and oxygen atoms in total. The lowest BCUT2D eigenvalue weighted by molar-refractivity contribution is 0.00773. The van der Waals surface area contributed by atoms with Gasteiger partial charge in [-0.15, -0.1) is 0 Å². The molecular weight excluding hydrogens is 524 g/mol. The van der Waals surface area contributed by atoms with Gasteiger partial charge in [0.25, 0.3) is 0 Å². The predicted molar refractivity (Wildman–Crippen MR) is 175 cm³/mol. The molecule has 4 aliphatic rings. The van der Waals surface area contributed by atoms with Crippen LogP contribution in [0, 0.1) is 0 Å². The number of hydrazone groups is 1. The minimum atomic E-state index is -0.389. The SMILES string of the molecule is C=NN(/C=C(\CC)CN1CC(O)C1)C1=CC=NC(NC(=C)/C=C\C2=CC(C(C(=C)C)N3CCCCCC3)=CCN2C)N1. The van der Waals surface area contributed by atoms with Gasteiger partial charge in [-0.05, 0) is 74.7 Å². The molecule has 9 heteroatoms. The smallest absolute Gasteiger partial charge is 0.195 e. The highest BCUT2D eigenvalue weighted by molar-refractivity contribution is 5.73. The number of aliphatic hydroxyl groups is 1. The van der Waals surface area contributed by atoms with Crippen molar-refractivity contribution in [3.05, 3.63) is 83.7 Å². The molecule has 0 aromatic heterocycles. The van der Waals surface area contributed by atoms with Gasteiger partial charge in [-0.25, -0.2) is 10.0 Å². The molecular formula is C33H50N8O. The lowest BCUT2D eigenvalue weighted by Crippen LogP contribution is -2.51. The van der Waals surface area contributed by atoms with E-state index in [0.29, 0.717) is 13.1 Å². The molecule has 0 spiro atoms. The van der Waals surface area contributed by atoms with Crippen LogP contribution in [0.4, 0.5) is 0 Å². The zero-order valence-electron chi connectivity index (χ0n) is 25.8. The fraction of sp³-hybridized carbons (Fsp3) is 0.515. The van der Waals surface area contributed by atoms with Crippen molar-refractivity contribution in [3.8, 4) is 0 Å². The van der Waals surface area contributed by atoms with Crippen molar-refractivity contribution in [2.24, 2.45) is 10.1 Å². The van der Waals surface area contributed by atoms with Crippen molar-refractivity contribution in [2.75, 3.05) is 46.3 Å². The zero-order valence-corrected chi connectivity index (χ0v) is 25.8. The second-order valence-corrected chi connectivity index (χ2v) is 11.7. The first-order valence-corrected chi connectivity index (χ1v) is 15.3. The second kappa shape index (κ2) is 15.2. The van der Waals surface area contributed by atoms with Crippen molar-refractivity contribution in [1.82, 2.24) is 30.3 Å². The minimum Gasteiger partial charge on any atom is -0.390 e. The number of β-amino-alcohol motifs (C(OH)–C–C–N with tert-alkyl or cyclic N) is 1. The highest BCUT2D eigenvalue weighted by Crippen LogP contribution is 2.27. The van der Waals surface area contributed by atoms with E-state index < -0.39 is 0 Å². The first kappa shape index (κ1) is 31.5. The fourth-order valence-corrected chi connectivity index (χ4v) is 5.83. The van der Waals surface area contributed by atoms with Gasteiger partial charge in [0.15, 0.2) is 6.29 Å². The summed E-state index contributed by atoms with van der Waals surface area (Å²) in [6.45, 7) is 22.0. The molecule has 2 fully saturated rings. The molecule has 0 aromatic carbocycles. The Morgan fingerprint density at radius 2 is 2.00 bits per heavy atom. The molecule has 0 aromatic rings.